The van der Waals surface area contributed by atoms with Crippen LogP contribution in [0.25, 0.3) is 17.0 Å². The molecule has 3 heteroatoms. The summed E-state index contributed by atoms with van der Waals surface area (Å²) >= 11 is 0. The molecule has 1 heterocycles. The molecule has 1 N–H and O–H groups in total. The van der Waals surface area contributed by atoms with Crippen molar-refractivity contribution in [2.45, 2.75) is 0 Å². The Balaban J connectivity index is 2.47. The molecule has 1 aromatic carbocycles. The predicted octanol–water partition coefficient (Wildman–Crippen LogP) is 2.71. The molecule has 1 aromatic heterocycles. The van der Waals surface area contributed by atoms with Gasteiger partial charge >= 0.3 is 0 Å². The van der Waals surface area contributed by atoms with E-state index in [9.17, 15) is 0 Å². The lowest BCUT2D eigenvalue weighted by Crippen LogP contribution is -1.80. The van der Waals surface area contributed by atoms with Crippen LogP contribution in [-0.4, -0.2) is 12.1 Å². The van der Waals surface area contributed by atoms with Gasteiger partial charge in [-0.15, -0.1) is 0 Å². The van der Waals surface area contributed by atoms with Crippen molar-refractivity contribution in [3.8, 4) is 11.8 Å². The van der Waals surface area contributed by atoms with E-state index >= 15 is 0 Å². The number of ether oxygens (including phenoxy) is 1. The molecule has 74 valence electrons. The maximum absolute atomic E-state index is 8.41. The second-order valence-electron chi connectivity index (χ2n) is 3.14. The number of benzene rings is 1. The monoisotopic (exact) mass is 198 g/mol. The van der Waals surface area contributed by atoms with Crippen molar-refractivity contribution in [1.82, 2.24) is 4.98 Å². The Labute approximate surface area is 87.6 Å². The van der Waals surface area contributed by atoms with Crippen LogP contribution in [0.5, 0.6) is 5.75 Å². The summed E-state index contributed by atoms with van der Waals surface area (Å²) in [5, 5.41) is 9.49. The zero-order valence-corrected chi connectivity index (χ0v) is 8.32. The Bertz CT molecular complexity index is 546. The van der Waals surface area contributed by atoms with E-state index in [0.29, 0.717) is 0 Å². The quantitative estimate of drug-likeness (QED) is 0.754. The van der Waals surface area contributed by atoms with Gasteiger partial charge in [0.05, 0.1) is 13.2 Å². The lowest BCUT2D eigenvalue weighted by Gasteiger charge is -1.97. The fraction of sp³-hybridized carbons (Fsp3) is 0.0833. The molecule has 0 saturated heterocycles. The molecular formula is C12H10N2O. The summed E-state index contributed by atoms with van der Waals surface area (Å²) in [6.07, 6.45) is 3.19. The van der Waals surface area contributed by atoms with E-state index in [-0.39, 0.29) is 0 Å². The lowest BCUT2D eigenvalue weighted by atomic mass is 10.2. The molecule has 2 rings (SSSR count). The average molecular weight is 198 g/mol. The summed E-state index contributed by atoms with van der Waals surface area (Å²) in [7, 11) is 1.64. The summed E-state index contributed by atoms with van der Waals surface area (Å²) in [6.45, 7) is 0. The highest BCUT2D eigenvalue weighted by atomic mass is 16.5. The van der Waals surface area contributed by atoms with Gasteiger partial charge in [0, 0.05) is 22.7 Å². The standard InChI is InChI=1S/C12H10N2O/c1-15-11-4-5-12-9(8-11)7-10(14-12)3-2-6-13/h2-5,7-8,14H,1H3/b3-2+. The van der Waals surface area contributed by atoms with E-state index in [0.717, 1.165) is 22.3 Å². The van der Waals surface area contributed by atoms with Crippen LogP contribution in [0.3, 0.4) is 0 Å². The minimum absolute atomic E-state index is 0.831. The maximum atomic E-state index is 8.41. The van der Waals surface area contributed by atoms with Crippen LogP contribution in [0.1, 0.15) is 5.69 Å². The van der Waals surface area contributed by atoms with Crippen LogP contribution >= 0.6 is 0 Å². The molecule has 0 aliphatic carbocycles. The van der Waals surface area contributed by atoms with E-state index < -0.39 is 0 Å². The first-order chi connectivity index (χ1) is 7.33. The fourth-order valence-electron chi connectivity index (χ4n) is 1.48. The minimum Gasteiger partial charge on any atom is -0.497 e. The average Bonchev–Trinajstić information content (AvgIpc) is 2.67. The molecule has 0 atom stereocenters. The number of nitriles is 1. The number of hydrogen-bond donors (Lipinski definition) is 1. The van der Waals surface area contributed by atoms with E-state index in [1.165, 1.54) is 6.08 Å². The molecule has 2 aromatic rings. The van der Waals surface area contributed by atoms with E-state index in [2.05, 4.69) is 4.98 Å². The van der Waals surface area contributed by atoms with Crippen molar-refractivity contribution in [1.29, 1.82) is 5.26 Å². The van der Waals surface area contributed by atoms with Gasteiger partial charge in [0.15, 0.2) is 0 Å². The normalized spacial score (nSPS) is 10.7. The lowest BCUT2D eigenvalue weighted by molar-refractivity contribution is 0.415. The van der Waals surface area contributed by atoms with E-state index in [1.807, 2.05) is 30.3 Å². The Kier molecular flexibility index (Phi) is 2.42. The molecule has 0 aliphatic rings. The summed E-state index contributed by atoms with van der Waals surface area (Å²) in [4.78, 5) is 3.19. The molecule has 0 saturated carbocycles. The summed E-state index contributed by atoms with van der Waals surface area (Å²) in [6, 6.07) is 9.75. The minimum atomic E-state index is 0.831. The van der Waals surface area contributed by atoms with Gasteiger partial charge in [-0.2, -0.15) is 5.26 Å². The van der Waals surface area contributed by atoms with Crippen LogP contribution < -0.4 is 4.74 Å². The summed E-state index contributed by atoms with van der Waals surface area (Å²) in [5.74, 6) is 0.831. The van der Waals surface area contributed by atoms with Gasteiger partial charge in [-0.25, -0.2) is 0 Å². The first kappa shape index (κ1) is 9.35. The van der Waals surface area contributed by atoms with Crippen molar-refractivity contribution >= 4 is 17.0 Å². The van der Waals surface area contributed by atoms with E-state index in [4.69, 9.17) is 10.00 Å². The first-order valence-electron chi connectivity index (χ1n) is 4.56. The van der Waals surface area contributed by atoms with Gasteiger partial charge in [-0.05, 0) is 30.3 Å². The van der Waals surface area contributed by atoms with Gasteiger partial charge in [-0.1, -0.05) is 0 Å². The van der Waals surface area contributed by atoms with Crippen LogP contribution in [0.15, 0.2) is 30.3 Å². The van der Waals surface area contributed by atoms with Gasteiger partial charge < -0.3 is 9.72 Å². The maximum Gasteiger partial charge on any atom is 0.119 e. The number of rotatable bonds is 2. The molecule has 0 bridgehead atoms. The fourth-order valence-corrected chi connectivity index (χ4v) is 1.48. The SMILES string of the molecule is COc1ccc2[nH]c(/C=C/C#N)cc2c1. The van der Waals surface area contributed by atoms with Crippen LogP contribution in [0.2, 0.25) is 0 Å². The zero-order valence-electron chi connectivity index (χ0n) is 8.32. The van der Waals surface area contributed by atoms with Gasteiger partial charge in [0.25, 0.3) is 0 Å². The molecule has 0 unspecified atom stereocenters. The Morgan fingerprint density at radius 1 is 1.40 bits per heavy atom. The van der Waals surface area contributed by atoms with Gasteiger partial charge in [-0.3, -0.25) is 0 Å². The van der Waals surface area contributed by atoms with Crippen molar-refractivity contribution in [3.63, 3.8) is 0 Å². The molecule has 0 fully saturated rings. The number of nitrogens with one attached hydrogen (secondary N) is 1. The van der Waals surface area contributed by atoms with Crippen LogP contribution in [0.4, 0.5) is 0 Å². The Hall–Kier alpha value is -2.21. The van der Waals surface area contributed by atoms with Crippen LogP contribution in [0, 0.1) is 11.3 Å². The van der Waals surface area contributed by atoms with Gasteiger partial charge in [0.2, 0.25) is 0 Å². The highest BCUT2D eigenvalue weighted by Gasteiger charge is 1.99. The van der Waals surface area contributed by atoms with Crippen molar-refractivity contribution in [2.75, 3.05) is 7.11 Å². The highest BCUT2D eigenvalue weighted by molar-refractivity contribution is 5.84. The molecular weight excluding hydrogens is 188 g/mol. The summed E-state index contributed by atoms with van der Waals surface area (Å²) < 4.78 is 5.13. The molecule has 15 heavy (non-hydrogen) atoms. The number of nitrogens with zero attached hydrogens (tertiary/aromatic N) is 1. The Morgan fingerprint density at radius 3 is 3.00 bits per heavy atom. The number of hydrogen-bond acceptors (Lipinski definition) is 2. The zero-order chi connectivity index (χ0) is 10.7. The van der Waals surface area contributed by atoms with Crippen LogP contribution in [-0.2, 0) is 0 Å². The molecule has 0 spiro atoms. The number of aromatic nitrogens is 1. The van der Waals surface area contributed by atoms with Crippen molar-refractivity contribution in [3.05, 3.63) is 36.0 Å². The van der Waals surface area contributed by atoms with Gasteiger partial charge in [0.1, 0.15) is 5.75 Å². The number of allylic oxidation sites excluding steroid dienone is 1. The molecule has 3 nitrogen and oxygen atoms in total. The third kappa shape index (κ3) is 1.84. The second kappa shape index (κ2) is 3.89. The third-order valence-electron chi connectivity index (χ3n) is 2.19. The van der Waals surface area contributed by atoms with Crippen molar-refractivity contribution in [2.24, 2.45) is 0 Å². The number of aromatic amines is 1. The highest BCUT2D eigenvalue weighted by Crippen LogP contribution is 2.21. The number of H-pyrrole nitrogens is 1. The molecule has 0 aliphatic heterocycles. The number of fused-ring (bicyclic) bond motifs is 1. The van der Waals surface area contributed by atoms with Crippen molar-refractivity contribution < 1.29 is 4.74 Å². The second-order valence-corrected chi connectivity index (χ2v) is 3.14. The largest absolute Gasteiger partial charge is 0.497 e. The topological polar surface area (TPSA) is 48.8 Å². The number of methoxy groups -OCH3 is 1. The smallest absolute Gasteiger partial charge is 0.119 e. The molecule has 0 radical (unpaired) electrons. The summed E-state index contributed by atoms with van der Waals surface area (Å²) in [5.41, 5.74) is 1.95. The van der Waals surface area contributed by atoms with E-state index in [1.54, 1.807) is 13.2 Å². The first-order valence-corrected chi connectivity index (χ1v) is 4.56. The Morgan fingerprint density at radius 2 is 2.27 bits per heavy atom. The third-order valence-corrected chi connectivity index (χ3v) is 2.19. The molecule has 0 amide bonds. The predicted molar refractivity (Wildman–Crippen MR) is 59.5 cm³/mol.